The van der Waals surface area contributed by atoms with Gasteiger partial charge in [-0.1, -0.05) is 25.4 Å². The van der Waals surface area contributed by atoms with Gasteiger partial charge in [-0.2, -0.15) is 10.1 Å². The van der Waals surface area contributed by atoms with Gasteiger partial charge >= 0.3 is 0 Å². The van der Waals surface area contributed by atoms with E-state index in [0.29, 0.717) is 23.4 Å². The van der Waals surface area contributed by atoms with Crippen LogP contribution in [0.1, 0.15) is 13.8 Å². The first-order chi connectivity index (χ1) is 14.7. The molecule has 31 heavy (non-hydrogen) atoms. The maximum atomic E-state index is 12.3. The standard InChI is InChI=1S/C18H26ClN7O4S/c1-10(2)9-31(27,28)25-14-8-30-15-13(7-29-16(14)15)23-17-12(19)5-20-18(24-17)22-11-4-21-26(3)6-11/h4-6,10,13-16,25H,7-9H2,1-3H3,(H2,20,22,23,24)/t13-,14-,15?,16?/m0/s1. The van der Waals surface area contributed by atoms with E-state index in [-0.39, 0.29) is 36.5 Å². The zero-order valence-electron chi connectivity index (χ0n) is 17.4. The molecule has 2 saturated heterocycles. The van der Waals surface area contributed by atoms with Crippen molar-refractivity contribution in [3.8, 4) is 0 Å². The molecule has 2 aromatic rings. The first-order valence-corrected chi connectivity index (χ1v) is 12.0. The Morgan fingerprint density at radius 1 is 1.23 bits per heavy atom. The summed E-state index contributed by atoms with van der Waals surface area (Å²) in [5, 5.41) is 10.8. The van der Waals surface area contributed by atoms with Crippen molar-refractivity contribution in [3.63, 3.8) is 0 Å². The van der Waals surface area contributed by atoms with Crippen LogP contribution in [-0.4, -0.2) is 71.4 Å². The number of nitrogens with zero attached hydrogens (tertiary/aromatic N) is 4. The van der Waals surface area contributed by atoms with E-state index in [1.165, 1.54) is 6.20 Å². The number of sulfonamides is 1. The fraction of sp³-hybridized carbons (Fsp3) is 0.611. The Morgan fingerprint density at radius 2 is 1.94 bits per heavy atom. The lowest BCUT2D eigenvalue weighted by molar-refractivity contribution is 0.0690. The van der Waals surface area contributed by atoms with Crippen molar-refractivity contribution in [1.29, 1.82) is 0 Å². The summed E-state index contributed by atoms with van der Waals surface area (Å²) in [5.41, 5.74) is 0.746. The number of hydrogen-bond donors (Lipinski definition) is 3. The molecule has 0 saturated carbocycles. The van der Waals surface area contributed by atoms with Crippen LogP contribution in [0.5, 0.6) is 0 Å². The van der Waals surface area contributed by atoms with Crippen LogP contribution in [0.25, 0.3) is 0 Å². The van der Waals surface area contributed by atoms with Crippen LogP contribution < -0.4 is 15.4 Å². The maximum absolute atomic E-state index is 12.3. The highest BCUT2D eigenvalue weighted by Gasteiger charge is 2.49. The molecule has 0 spiro atoms. The molecule has 4 atom stereocenters. The fourth-order valence-electron chi connectivity index (χ4n) is 3.76. The largest absolute Gasteiger partial charge is 0.371 e. The lowest BCUT2D eigenvalue weighted by atomic mass is 10.1. The summed E-state index contributed by atoms with van der Waals surface area (Å²) >= 11 is 6.28. The molecular formula is C18H26ClN7O4S. The number of nitrogens with one attached hydrogen (secondary N) is 3. The average Bonchev–Trinajstić information content (AvgIpc) is 3.36. The van der Waals surface area contributed by atoms with E-state index >= 15 is 0 Å². The molecule has 0 aromatic carbocycles. The van der Waals surface area contributed by atoms with E-state index in [1.54, 1.807) is 17.1 Å². The Morgan fingerprint density at radius 3 is 2.61 bits per heavy atom. The Hall–Kier alpha value is -1.99. The first-order valence-electron chi connectivity index (χ1n) is 9.98. The molecule has 0 amide bonds. The minimum absolute atomic E-state index is 0.0314. The van der Waals surface area contributed by atoms with E-state index in [0.717, 1.165) is 5.69 Å². The van der Waals surface area contributed by atoms with E-state index in [4.69, 9.17) is 21.1 Å². The summed E-state index contributed by atoms with van der Waals surface area (Å²) in [7, 11) is -1.59. The molecule has 4 heterocycles. The highest BCUT2D eigenvalue weighted by atomic mass is 35.5. The summed E-state index contributed by atoms with van der Waals surface area (Å²) < 4.78 is 40.7. The molecule has 0 radical (unpaired) electrons. The zero-order chi connectivity index (χ0) is 22.2. The van der Waals surface area contributed by atoms with E-state index < -0.39 is 16.1 Å². The lowest BCUT2D eigenvalue weighted by Crippen LogP contribution is -2.45. The van der Waals surface area contributed by atoms with Crippen LogP contribution >= 0.6 is 11.6 Å². The number of aromatic nitrogens is 4. The van der Waals surface area contributed by atoms with Gasteiger partial charge < -0.3 is 20.1 Å². The molecule has 0 bridgehead atoms. The number of fused-ring (bicyclic) bond motifs is 1. The smallest absolute Gasteiger partial charge is 0.229 e. The summed E-state index contributed by atoms with van der Waals surface area (Å²) in [4.78, 5) is 8.63. The van der Waals surface area contributed by atoms with Crippen molar-refractivity contribution in [2.75, 3.05) is 29.6 Å². The number of halogens is 1. The van der Waals surface area contributed by atoms with Gasteiger partial charge in [0, 0.05) is 13.2 Å². The van der Waals surface area contributed by atoms with Crippen molar-refractivity contribution < 1.29 is 17.9 Å². The quantitative estimate of drug-likeness (QED) is 0.518. The zero-order valence-corrected chi connectivity index (χ0v) is 19.0. The monoisotopic (exact) mass is 471 g/mol. The fourth-order valence-corrected chi connectivity index (χ4v) is 5.54. The van der Waals surface area contributed by atoms with Crippen LogP contribution in [0.2, 0.25) is 5.02 Å². The van der Waals surface area contributed by atoms with Gasteiger partial charge in [0.25, 0.3) is 0 Å². The van der Waals surface area contributed by atoms with Gasteiger partial charge in [-0.3, -0.25) is 4.68 Å². The lowest BCUT2D eigenvalue weighted by Gasteiger charge is -2.19. The normalized spacial score (nSPS) is 25.7. The second kappa shape index (κ2) is 8.87. The highest BCUT2D eigenvalue weighted by molar-refractivity contribution is 7.89. The molecule has 11 nitrogen and oxygen atoms in total. The third kappa shape index (κ3) is 5.26. The number of ether oxygens (including phenoxy) is 2. The van der Waals surface area contributed by atoms with Crippen LogP contribution in [-0.2, 0) is 26.5 Å². The van der Waals surface area contributed by atoms with Gasteiger partial charge in [0.1, 0.15) is 17.2 Å². The van der Waals surface area contributed by atoms with Crippen molar-refractivity contribution >= 4 is 39.1 Å². The number of anilines is 3. The van der Waals surface area contributed by atoms with Crippen LogP contribution in [0.4, 0.5) is 17.5 Å². The van der Waals surface area contributed by atoms with Crippen LogP contribution in [0, 0.1) is 5.92 Å². The average molecular weight is 472 g/mol. The molecule has 2 fully saturated rings. The maximum Gasteiger partial charge on any atom is 0.229 e. The van der Waals surface area contributed by atoms with E-state index in [1.807, 2.05) is 20.9 Å². The van der Waals surface area contributed by atoms with Gasteiger partial charge in [-0.15, -0.1) is 0 Å². The summed E-state index contributed by atoms with van der Waals surface area (Å²) in [5.74, 6) is 0.891. The summed E-state index contributed by atoms with van der Waals surface area (Å²) in [6, 6.07) is -0.660. The van der Waals surface area contributed by atoms with Crippen molar-refractivity contribution in [2.45, 2.75) is 38.1 Å². The van der Waals surface area contributed by atoms with Crippen LogP contribution in [0.3, 0.4) is 0 Å². The predicted octanol–water partition coefficient (Wildman–Crippen LogP) is 1.13. The Balaban J connectivity index is 1.41. The number of rotatable bonds is 8. The molecule has 2 aromatic heterocycles. The molecule has 3 N–H and O–H groups in total. The van der Waals surface area contributed by atoms with Gasteiger partial charge in [-0.05, 0) is 5.92 Å². The van der Waals surface area contributed by atoms with E-state index in [2.05, 4.69) is 30.4 Å². The molecule has 4 rings (SSSR count). The van der Waals surface area contributed by atoms with Gasteiger partial charge in [0.05, 0.1) is 49.1 Å². The molecule has 2 unspecified atom stereocenters. The Labute approximate surface area is 185 Å². The minimum atomic E-state index is -3.41. The van der Waals surface area contributed by atoms with E-state index in [9.17, 15) is 8.42 Å². The third-order valence-corrected chi connectivity index (χ3v) is 7.01. The number of hydrogen-bond acceptors (Lipinski definition) is 9. The van der Waals surface area contributed by atoms with Gasteiger partial charge in [0.2, 0.25) is 16.0 Å². The third-order valence-electron chi connectivity index (χ3n) is 4.96. The first kappa shape index (κ1) is 22.2. The summed E-state index contributed by atoms with van der Waals surface area (Å²) in [6.07, 6.45) is 4.25. The second-order valence-corrected chi connectivity index (χ2v) is 10.4. The molecular weight excluding hydrogens is 446 g/mol. The Kier molecular flexibility index (Phi) is 6.35. The summed E-state index contributed by atoms with van der Waals surface area (Å²) in [6.45, 7) is 4.31. The molecule has 2 aliphatic heterocycles. The molecule has 13 heteroatoms. The molecule has 170 valence electrons. The SMILES string of the molecule is CC(C)CS(=O)(=O)N[C@H]1COC2C1OC[C@@H]2Nc1nc(Nc2cnn(C)c2)ncc1Cl. The van der Waals surface area contributed by atoms with Gasteiger partial charge in [0.15, 0.2) is 5.82 Å². The molecule has 2 aliphatic rings. The van der Waals surface area contributed by atoms with Crippen LogP contribution in [0.15, 0.2) is 18.6 Å². The Bertz CT molecular complexity index is 1030. The predicted molar refractivity (Wildman–Crippen MR) is 116 cm³/mol. The minimum Gasteiger partial charge on any atom is -0.371 e. The van der Waals surface area contributed by atoms with Gasteiger partial charge in [-0.25, -0.2) is 18.1 Å². The van der Waals surface area contributed by atoms with Crippen molar-refractivity contribution in [2.24, 2.45) is 13.0 Å². The second-order valence-electron chi connectivity index (χ2n) is 8.16. The topological polar surface area (TPSA) is 132 Å². The molecule has 0 aliphatic carbocycles. The highest BCUT2D eigenvalue weighted by Crippen LogP contribution is 2.31. The van der Waals surface area contributed by atoms with Crippen molar-refractivity contribution in [1.82, 2.24) is 24.5 Å². The number of aryl methyl sites for hydroxylation is 1. The van der Waals surface area contributed by atoms with Crippen molar-refractivity contribution in [3.05, 3.63) is 23.6 Å².